The summed E-state index contributed by atoms with van der Waals surface area (Å²) in [5.74, 6) is -0.295. The van der Waals surface area contributed by atoms with E-state index in [0.717, 1.165) is 11.3 Å². The second kappa shape index (κ2) is 7.91. The van der Waals surface area contributed by atoms with Gasteiger partial charge in [0, 0.05) is 17.9 Å². The van der Waals surface area contributed by atoms with E-state index in [9.17, 15) is 13.2 Å². The van der Waals surface area contributed by atoms with Gasteiger partial charge in [0.25, 0.3) is 10.0 Å². The first kappa shape index (κ1) is 18.6. The zero-order chi connectivity index (χ0) is 17.7. The van der Waals surface area contributed by atoms with Crippen LogP contribution in [0.2, 0.25) is 5.02 Å². The van der Waals surface area contributed by atoms with Gasteiger partial charge in [-0.1, -0.05) is 35.9 Å². The number of nitrogens with one attached hydrogen (secondary N) is 1. The molecule has 24 heavy (non-hydrogen) atoms. The van der Waals surface area contributed by atoms with Crippen LogP contribution in [0.25, 0.3) is 0 Å². The highest BCUT2D eigenvalue weighted by Gasteiger charge is 2.20. The summed E-state index contributed by atoms with van der Waals surface area (Å²) in [7, 11) is -3.80. The maximum absolute atomic E-state index is 12.4. The van der Waals surface area contributed by atoms with E-state index in [-0.39, 0.29) is 22.6 Å². The number of carbonyl (C=O) groups excluding carboxylic acids is 1. The Bertz CT molecular complexity index is 836. The molecular weight excluding hydrogens is 374 g/mol. The lowest BCUT2D eigenvalue weighted by Crippen LogP contribution is -2.14. The van der Waals surface area contributed by atoms with Gasteiger partial charge in [-0.25, -0.2) is 8.42 Å². The number of nitrogens with zero attached hydrogens (tertiary/aromatic N) is 2. The minimum Gasteiger partial charge on any atom is -0.465 e. The second-order valence-electron chi connectivity index (χ2n) is 4.79. The molecule has 0 aliphatic heterocycles. The molecule has 0 saturated carbocycles. The molecule has 0 amide bonds. The van der Waals surface area contributed by atoms with Gasteiger partial charge in [-0.2, -0.15) is 0 Å². The van der Waals surface area contributed by atoms with Gasteiger partial charge in [-0.15, -0.1) is 10.2 Å². The predicted molar refractivity (Wildman–Crippen MR) is 91.9 cm³/mol. The Labute approximate surface area is 149 Å². The van der Waals surface area contributed by atoms with Crippen molar-refractivity contribution in [1.29, 1.82) is 0 Å². The van der Waals surface area contributed by atoms with Crippen LogP contribution in [0, 0.1) is 6.92 Å². The summed E-state index contributed by atoms with van der Waals surface area (Å²) < 4.78 is 32.2. The van der Waals surface area contributed by atoms with Crippen molar-refractivity contribution < 1.29 is 17.9 Å². The first-order valence-electron chi connectivity index (χ1n) is 7.09. The number of rotatable bonds is 7. The molecule has 0 fully saturated rings. The molecule has 2 rings (SSSR count). The van der Waals surface area contributed by atoms with Crippen LogP contribution in [-0.4, -0.2) is 31.2 Å². The third-order valence-electron chi connectivity index (χ3n) is 3.06. The van der Waals surface area contributed by atoms with E-state index in [1.54, 1.807) is 26.0 Å². The number of hydrogen-bond acceptors (Lipinski definition) is 7. The summed E-state index contributed by atoms with van der Waals surface area (Å²) in [6.07, 6.45) is 0.682. The molecule has 2 aromatic rings. The normalized spacial score (nSPS) is 11.3. The number of sulfonamides is 1. The zero-order valence-corrected chi connectivity index (χ0v) is 15.5. The molecule has 7 nitrogen and oxygen atoms in total. The lowest BCUT2D eigenvalue weighted by molar-refractivity contribution is -0.143. The maximum atomic E-state index is 12.4. The Morgan fingerprint density at radius 3 is 2.83 bits per heavy atom. The molecule has 1 aromatic carbocycles. The first-order valence-corrected chi connectivity index (χ1v) is 9.77. The second-order valence-corrected chi connectivity index (χ2v) is 7.91. The molecule has 0 unspecified atom stereocenters. The Morgan fingerprint density at radius 1 is 1.38 bits per heavy atom. The zero-order valence-electron chi connectivity index (χ0n) is 13.1. The van der Waals surface area contributed by atoms with Gasteiger partial charge in [0.15, 0.2) is 0 Å². The van der Waals surface area contributed by atoms with Crippen LogP contribution in [0.5, 0.6) is 0 Å². The molecule has 0 aliphatic rings. The van der Waals surface area contributed by atoms with Crippen molar-refractivity contribution in [2.75, 3.05) is 11.3 Å². The highest BCUT2D eigenvalue weighted by Crippen LogP contribution is 2.26. The summed E-state index contributed by atoms with van der Waals surface area (Å²) in [4.78, 5) is 11.1. The minimum absolute atomic E-state index is 0.0867. The fraction of sp³-hybridized carbons (Fsp3) is 0.357. The average Bonchev–Trinajstić information content (AvgIpc) is 2.96. The molecule has 1 aromatic heterocycles. The molecule has 0 saturated heterocycles. The molecule has 1 N–H and O–H groups in total. The highest BCUT2D eigenvalue weighted by atomic mass is 35.5. The Balaban J connectivity index is 2.06. The van der Waals surface area contributed by atoms with E-state index in [1.807, 2.05) is 0 Å². The van der Waals surface area contributed by atoms with Crippen LogP contribution in [0.4, 0.5) is 5.13 Å². The number of aromatic nitrogens is 2. The molecule has 0 radical (unpaired) electrons. The largest absolute Gasteiger partial charge is 0.465 e. The molecule has 0 bridgehead atoms. The van der Waals surface area contributed by atoms with Crippen molar-refractivity contribution in [2.45, 2.75) is 31.6 Å². The van der Waals surface area contributed by atoms with Gasteiger partial charge in [0.05, 0.1) is 11.5 Å². The number of halogens is 1. The molecule has 10 heteroatoms. The number of ether oxygens (including phenoxy) is 1. The van der Waals surface area contributed by atoms with Gasteiger partial charge in [-0.3, -0.25) is 9.52 Å². The van der Waals surface area contributed by atoms with Gasteiger partial charge in [-0.05, 0) is 24.6 Å². The van der Waals surface area contributed by atoms with Gasteiger partial charge in [0.1, 0.15) is 5.01 Å². The van der Waals surface area contributed by atoms with Crippen LogP contribution in [0.3, 0.4) is 0 Å². The molecule has 1 heterocycles. The standard InChI is InChI=1S/C14H16ClN3O4S2/c1-3-13(19)22-8-7-12-16-17-14(23-12)18-24(20,21)11-6-4-5-10(15)9(11)2/h4-6H,3,7-8H2,1-2H3,(H,17,18). The van der Waals surface area contributed by atoms with Crippen LogP contribution in [0.1, 0.15) is 23.9 Å². The quantitative estimate of drug-likeness (QED) is 0.731. The summed E-state index contributed by atoms with van der Waals surface area (Å²) in [6.45, 7) is 3.52. The molecule has 0 aliphatic carbocycles. The van der Waals surface area contributed by atoms with Crippen LogP contribution in [0.15, 0.2) is 23.1 Å². The summed E-state index contributed by atoms with van der Waals surface area (Å²) >= 11 is 7.05. The van der Waals surface area contributed by atoms with E-state index < -0.39 is 10.0 Å². The fourth-order valence-electron chi connectivity index (χ4n) is 1.80. The Hall–Kier alpha value is -1.71. The van der Waals surface area contributed by atoms with Crippen LogP contribution >= 0.6 is 22.9 Å². The van der Waals surface area contributed by atoms with E-state index in [2.05, 4.69) is 14.9 Å². The van der Waals surface area contributed by atoms with Crippen molar-refractivity contribution in [2.24, 2.45) is 0 Å². The van der Waals surface area contributed by atoms with Gasteiger partial charge in [0.2, 0.25) is 5.13 Å². The number of anilines is 1. The number of hydrogen-bond donors (Lipinski definition) is 1. The van der Waals surface area contributed by atoms with Crippen molar-refractivity contribution in [3.8, 4) is 0 Å². The molecule has 0 spiro atoms. The predicted octanol–water partition coefficient (Wildman–Crippen LogP) is 2.80. The van der Waals surface area contributed by atoms with Crippen molar-refractivity contribution in [3.63, 3.8) is 0 Å². The van der Waals surface area contributed by atoms with E-state index >= 15 is 0 Å². The Morgan fingerprint density at radius 2 is 2.12 bits per heavy atom. The lowest BCUT2D eigenvalue weighted by Gasteiger charge is -2.08. The van der Waals surface area contributed by atoms with Gasteiger partial charge >= 0.3 is 5.97 Å². The maximum Gasteiger partial charge on any atom is 0.305 e. The smallest absolute Gasteiger partial charge is 0.305 e. The third-order valence-corrected chi connectivity index (χ3v) is 5.98. The molecule has 130 valence electrons. The van der Waals surface area contributed by atoms with Crippen molar-refractivity contribution >= 4 is 44.1 Å². The molecule has 0 atom stereocenters. The minimum atomic E-state index is -3.80. The van der Waals surface area contributed by atoms with Crippen molar-refractivity contribution in [1.82, 2.24) is 10.2 Å². The van der Waals surface area contributed by atoms with E-state index in [0.29, 0.717) is 28.4 Å². The van der Waals surface area contributed by atoms with Crippen LogP contribution < -0.4 is 4.72 Å². The number of carbonyl (C=O) groups is 1. The number of esters is 1. The van der Waals surface area contributed by atoms with Crippen LogP contribution in [-0.2, 0) is 26.0 Å². The summed E-state index contributed by atoms with van der Waals surface area (Å²) in [5, 5.41) is 8.77. The summed E-state index contributed by atoms with van der Waals surface area (Å²) in [5.41, 5.74) is 0.461. The van der Waals surface area contributed by atoms with Gasteiger partial charge < -0.3 is 4.74 Å². The Kier molecular flexibility index (Phi) is 6.14. The SMILES string of the molecule is CCC(=O)OCCc1nnc(NS(=O)(=O)c2cccc(Cl)c2C)s1. The van der Waals surface area contributed by atoms with E-state index in [4.69, 9.17) is 16.3 Å². The van der Waals surface area contributed by atoms with Crippen molar-refractivity contribution in [3.05, 3.63) is 33.8 Å². The number of benzene rings is 1. The topological polar surface area (TPSA) is 98.2 Å². The average molecular weight is 390 g/mol. The monoisotopic (exact) mass is 389 g/mol. The third kappa shape index (κ3) is 4.65. The first-order chi connectivity index (χ1) is 11.3. The summed E-state index contributed by atoms with van der Waals surface area (Å²) in [6, 6.07) is 4.66. The van der Waals surface area contributed by atoms with E-state index in [1.165, 1.54) is 6.07 Å². The molecular formula is C14H16ClN3O4S2. The fourth-order valence-corrected chi connectivity index (χ4v) is 4.25. The lowest BCUT2D eigenvalue weighted by atomic mass is 10.2. The highest BCUT2D eigenvalue weighted by molar-refractivity contribution is 7.93.